The number of halogens is 1. The zero-order valence-corrected chi connectivity index (χ0v) is 19.9. The predicted octanol–water partition coefficient (Wildman–Crippen LogP) is 2.24. The van der Waals surface area contributed by atoms with Crippen LogP contribution in [0, 0.1) is 23.2 Å². The van der Waals surface area contributed by atoms with E-state index in [0.717, 1.165) is 6.42 Å². The minimum absolute atomic E-state index is 0.0876. The molecule has 1 amide bonds. The van der Waals surface area contributed by atoms with Gasteiger partial charge in [-0.2, -0.15) is 5.10 Å². The Morgan fingerprint density at radius 1 is 1.48 bits per heavy atom. The number of nitrogens with zero attached hydrogens (tertiary/aromatic N) is 3. The quantitative estimate of drug-likeness (QED) is 0.594. The van der Waals surface area contributed by atoms with Gasteiger partial charge in [-0.05, 0) is 36.0 Å². The second-order valence-electron chi connectivity index (χ2n) is 9.74. The largest absolute Gasteiger partial charge is 0.389 e. The number of anilines is 1. The van der Waals surface area contributed by atoms with E-state index in [1.807, 2.05) is 0 Å². The maximum atomic E-state index is 12.7. The molecule has 2 N–H and O–H groups in total. The maximum absolute atomic E-state index is 12.7. The molecule has 174 valence electrons. The molecule has 1 heterocycles. The molecular weight excluding hydrogens is 420 g/mol. The van der Waals surface area contributed by atoms with Gasteiger partial charge in [-0.15, -0.1) is 0 Å². The molecule has 0 spiro atoms. The lowest BCUT2D eigenvalue weighted by atomic mass is 9.45. The van der Waals surface area contributed by atoms with Gasteiger partial charge in [-0.1, -0.05) is 32.4 Å². The fourth-order valence-electron chi connectivity index (χ4n) is 5.32. The average molecular weight is 455 g/mol. The van der Waals surface area contributed by atoms with Crippen molar-refractivity contribution in [2.75, 3.05) is 32.6 Å². The van der Waals surface area contributed by atoms with Crippen molar-refractivity contribution in [3.63, 3.8) is 0 Å². The Bertz CT molecular complexity index is 858. The van der Waals surface area contributed by atoms with Crippen molar-refractivity contribution < 1.29 is 14.6 Å². The molecule has 0 radical (unpaired) electrons. The van der Waals surface area contributed by atoms with Crippen LogP contribution in [0.5, 0.6) is 0 Å². The molecular formula is C22H35ClN4O4. The molecule has 3 aliphatic carbocycles. The molecule has 1 aromatic rings. The maximum Gasteiger partial charge on any atom is 0.287 e. The number of methoxy groups -OCH3 is 1. The van der Waals surface area contributed by atoms with Crippen molar-refractivity contribution in [1.29, 1.82) is 0 Å². The van der Waals surface area contributed by atoms with Gasteiger partial charge in [-0.25, -0.2) is 4.68 Å². The van der Waals surface area contributed by atoms with Gasteiger partial charge in [0, 0.05) is 33.2 Å². The summed E-state index contributed by atoms with van der Waals surface area (Å²) in [7, 11) is 3.10. The van der Waals surface area contributed by atoms with Gasteiger partial charge < -0.3 is 20.1 Å². The molecule has 9 heteroatoms. The monoisotopic (exact) mass is 454 g/mol. The van der Waals surface area contributed by atoms with E-state index in [9.17, 15) is 14.7 Å². The lowest BCUT2D eigenvalue weighted by Crippen LogP contribution is -2.58. The highest BCUT2D eigenvalue weighted by molar-refractivity contribution is 6.32. The zero-order valence-electron chi connectivity index (χ0n) is 19.1. The van der Waals surface area contributed by atoms with Crippen molar-refractivity contribution >= 4 is 23.2 Å². The first-order valence-corrected chi connectivity index (χ1v) is 11.4. The third kappa shape index (κ3) is 4.91. The SMILES string of the molecule is COC[C@@H](O)CN(C)C(=O)CCn1ncc(N[C@@H]2C[C@H]3C[C@@H]([C@H]2C)C3(C)C)c(Cl)c1=O. The normalized spacial score (nSPS) is 27.3. The first-order valence-electron chi connectivity index (χ1n) is 11.0. The van der Waals surface area contributed by atoms with Gasteiger partial charge in [0.15, 0.2) is 0 Å². The van der Waals surface area contributed by atoms with Gasteiger partial charge in [0.1, 0.15) is 5.02 Å². The van der Waals surface area contributed by atoms with E-state index in [1.165, 1.54) is 23.1 Å². The highest BCUT2D eigenvalue weighted by Gasteiger charge is 2.56. The number of hydrogen-bond donors (Lipinski definition) is 2. The predicted molar refractivity (Wildman–Crippen MR) is 120 cm³/mol. The summed E-state index contributed by atoms with van der Waals surface area (Å²) in [6.07, 6.45) is 3.27. The Hall–Kier alpha value is -1.64. The summed E-state index contributed by atoms with van der Waals surface area (Å²) in [5, 5.41) is 17.6. The first kappa shape index (κ1) is 24.0. The number of aromatic nitrogens is 2. The van der Waals surface area contributed by atoms with Crippen LogP contribution in [0.25, 0.3) is 0 Å². The Labute approximate surface area is 188 Å². The zero-order chi connectivity index (χ0) is 22.9. The highest BCUT2D eigenvalue weighted by Crippen LogP contribution is 2.61. The average Bonchev–Trinajstić information content (AvgIpc) is 2.71. The molecule has 31 heavy (non-hydrogen) atoms. The number of nitrogens with one attached hydrogen (secondary N) is 1. The van der Waals surface area contributed by atoms with Crippen LogP contribution >= 0.6 is 11.6 Å². The Morgan fingerprint density at radius 3 is 2.81 bits per heavy atom. The molecule has 8 nitrogen and oxygen atoms in total. The molecule has 0 aromatic carbocycles. The van der Waals surface area contributed by atoms with Crippen LogP contribution < -0.4 is 10.9 Å². The standard InChI is InChI=1S/C22H35ClN4O4/c1-13-16-8-14(22(16,2)3)9-17(13)25-18-10-24-27(21(30)20(18)23)7-6-19(29)26(4)11-15(28)12-31-5/h10,13-17,25,28H,6-9,11-12H2,1-5H3/t13-,14-,15+,16+,17-/m1/s1. The van der Waals surface area contributed by atoms with Gasteiger partial charge >= 0.3 is 0 Å². The number of rotatable bonds is 9. The number of hydrogen-bond acceptors (Lipinski definition) is 6. The fourth-order valence-corrected chi connectivity index (χ4v) is 5.52. The molecule has 3 aliphatic rings. The molecule has 3 saturated carbocycles. The van der Waals surface area contributed by atoms with Gasteiger partial charge in [0.25, 0.3) is 5.56 Å². The van der Waals surface area contributed by atoms with Crippen molar-refractivity contribution in [2.24, 2.45) is 23.2 Å². The first-order chi connectivity index (χ1) is 14.6. The number of aryl methyl sites for hydroxylation is 1. The van der Waals surface area contributed by atoms with Crippen molar-refractivity contribution in [2.45, 2.75) is 58.7 Å². The van der Waals surface area contributed by atoms with Crippen LogP contribution in [0.1, 0.15) is 40.0 Å². The number of aliphatic hydroxyl groups excluding tert-OH is 1. The minimum atomic E-state index is -0.751. The van der Waals surface area contributed by atoms with Crippen LogP contribution in [-0.2, 0) is 16.1 Å². The van der Waals surface area contributed by atoms with Gasteiger partial charge in [0.2, 0.25) is 5.91 Å². The Morgan fingerprint density at radius 2 is 2.19 bits per heavy atom. The summed E-state index contributed by atoms with van der Waals surface area (Å²) in [5.41, 5.74) is 0.544. The number of likely N-dealkylation sites (N-methyl/N-ethyl adjacent to an activating group) is 1. The third-order valence-electron chi connectivity index (χ3n) is 7.49. The third-order valence-corrected chi connectivity index (χ3v) is 7.85. The Kier molecular flexibility index (Phi) is 7.33. The van der Waals surface area contributed by atoms with Crippen molar-refractivity contribution in [3.05, 3.63) is 21.6 Å². The summed E-state index contributed by atoms with van der Waals surface area (Å²) >= 11 is 6.37. The summed E-state index contributed by atoms with van der Waals surface area (Å²) in [6, 6.07) is 0.278. The molecule has 5 atom stereocenters. The molecule has 0 unspecified atom stereocenters. The van der Waals surface area contributed by atoms with Gasteiger partial charge in [-0.3, -0.25) is 9.59 Å². The lowest BCUT2D eigenvalue weighted by Gasteiger charge is -2.62. The van der Waals surface area contributed by atoms with Crippen LogP contribution in [0.2, 0.25) is 5.02 Å². The number of carbonyl (C=O) groups is 1. The topological polar surface area (TPSA) is 96.7 Å². The van der Waals surface area contributed by atoms with Crippen LogP contribution in [0.3, 0.4) is 0 Å². The molecule has 4 rings (SSSR count). The van der Waals surface area contributed by atoms with E-state index < -0.39 is 11.7 Å². The van der Waals surface area contributed by atoms with E-state index in [0.29, 0.717) is 28.9 Å². The number of aliphatic hydroxyl groups is 1. The smallest absolute Gasteiger partial charge is 0.287 e. The van der Waals surface area contributed by atoms with Crippen LogP contribution in [-0.4, -0.2) is 65.1 Å². The van der Waals surface area contributed by atoms with E-state index in [1.54, 1.807) is 13.2 Å². The number of amides is 1. The molecule has 3 fully saturated rings. The summed E-state index contributed by atoms with van der Waals surface area (Å²) in [5.74, 6) is 1.69. The van der Waals surface area contributed by atoms with Crippen LogP contribution in [0.4, 0.5) is 5.69 Å². The second kappa shape index (κ2) is 9.46. The van der Waals surface area contributed by atoms with Gasteiger partial charge in [0.05, 0.1) is 31.1 Å². The molecule has 0 saturated heterocycles. The molecule has 2 bridgehead atoms. The summed E-state index contributed by atoms with van der Waals surface area (Å²) < 4.78 is 6.09. The second-order valence-corrected chi connectivity index (χ2v) is 10.1. The van der Waals surface area contributed by atoms with E-state index in [4.69, 9.17) is 16.3 Å². The minimum Gasteiger partial charge on any atom is -0.389 e. The summed E-state index contributed by atoms with van der Waals surface area (Å²) in [6.45, 7) is 7.42. The fraction of sp³-hybridized carbons (Fsp3) is 0.773. The molecule has 0 aliphatic heterocycles. The Balaban J connectivity index is 1.58. The number of fused-ring (bicyclic) bond motifs is 2. The van der Waals surface area contributed by atoms with Crippen molar-refractivity contribution in [3.8, 4) is 0 Å². The molecule has 1 aromatic heterocycles. The highest BCUT2D eigenvalue weighted by atomic mass is 35.5. The number of carbonyl (C=O) groups excluding carboxylic acids is 1. The van der Waals surface area contributed by atoms with E-state index >= 15 is 0 Å². The summed E-state index contributed by atoms with van der Waals surface area (Å²) in [4.78, 5) is 26.4. The van der Waals surface area contributed by atoms with E-state index in [2.05, 4.69) is 31.2 Å². The van der Waals surface area contributed by atoms with Crippen LogP contribution in [0.15, 0.2) is 11.0 Å². The van der Waals surface area contributed by atoms with Crippen molar-refractivity contribution in [1.82, 2.24) is 14.7 Å². The van der Waals surface area contributed by atoms with E-state index in [-0.39, 0.29) is 43.1 Å². The lowest BCUT2D eigenvalue weighted by molar-refractivity contribution is -0.131. The number of ether oxygens (including phenoxy) is 1.